The largest absolute Gasteiger partial charge is 0.514 e. The summed E-state index contributed by atoms with van der Waals surface area (Å²) in [4.78, 5) is 28.1. The van der Waals surface area contributed by atoms with Crippen molar-refractivity contribution in [2.45, 2.75) is 37.8 Å². The minimum absolute atomic E-state index is 0.0863. The summed E-state index contributed by atoms with van der Waals surface area (Å²) in [6.45, 7) is 2.03. The van der Waals surface area contributed by atoms with Gasteiger partial charge in [-0.1, -0.05) is 30.3 Å². The van der Waals surface area contributed by atoms with Crippen LogP contribution in [0.2, 0.25) is 0 Å². The van der Waals surface area contributed by atoms with Crippen molar-refractivity contribution in [2.75, 3.05) is 19.9 Å². The molecule has 0 amide bonds. The molecule has 1 saturated heterocycles. The summed E-state index contributed by atoms with van der Waals surface area (Å²) in [5.41, 5.74) is 3.19. The van der Waals surface area contributed by atoms with Gasteiger partial charge in [-0.05, 0) is 54.6 Å². The van der Waals surface area contributed by atoms with Crippen LogP contribution in [0.5, 0.6) is 11.5 Å². The maximum absolute atomic E-state index is 13.2. The molecule has 7 nitrogen and oxygen atoms in total. The first kappa shape index (κ1) is 19.4. The Kier molecular flexibility index (Phi) is 4.47. The van der Waals surface area contributed by atoms with Gasteiger partial charge in [0.2, 0.25) is 12.6 Å². The number of Topliss-reactive ketones (excluding diaryl/α,β-unsaturated/α-hetero) is 1. The van der Waals surface area contributed by atoms with E-state index in [-0.39, 0.29) is 24.9 Å². The molecule has 1 aliphatic carbocycles. The van der Waals surface area contributed by atoms with Gasteiger partial charge in [-0.15, -0.1) is 0 Å². The predicted octanol–water partition coefficient (Wildman–Crippen LogP) is 3.84. The number of ketones is 1. The number of fused-ring (bicyclic) bond motifs is 3. The molecule has 1 atom stereocenters. The quantitative estimate of drug-likeness (QED) is 0.681. The second kappa shape index (κ2) is 7.38. The molecule has 3 aliphatic heterocycles. The predicted molar refractivity (Wildman–Crippen MR) is 114 cm³/mol. The van der Waals surface area contributed by atoms with E-state index in [9.17, 15) is 9.59 Å². The molecule has 7 heteroatoms. The summed E-state index contributed by atoms with van der Waals surface area (Å²) in [7, 11) is 0. The highest BCUT2D eigenvalue weighted by atomic mass is 16.7. The van der Waals surface area contributed by atoms with Crippen LogP contribution in [0.25, 0.3) is 5.57 Å². The lowest BCUT2D eigenvalue weighted by atomic mass is 9.83. The van der Waals surface area contributed by atoms with Crippen molar-refractivity contribution in [3.63, 3.8) is 0 Å². The summed E-state index contributed by atoms with van der Waals surface area (Å²) in [6.07, 6.45) is 2.14. The van der Waals surface area contributed by atoms with Gasteiger partial charge in [0.15, 0.2) is 17.3 Å². The van der Waals surface area contributed by atoms with Crippen molar-refractivity contribution in [3.05, 3.63) is 64.9 Å². The highest BCUT2D eigenvalue weighted by molar-refractivity contribution is 6.10. The number of carbonyl (C=O) groups excluding carboxylic acids is 2. The standard InChI is InChI=1S/C25H23NO6/c27-19-13-25-8-4-9-26(25)10-7-17-11-20-21(31-15-30-20)12-18(17)22(25)23(19)32-24(28)29-14-16-5-2-1-3-6-16/h1-3,5-6,11-12H,4,7-10,13-15H2/t25-/m0/s1. The van der Waals surface area contributed by atoms with Gasteiger partial charge in [-0.3, -0.25) is 9.69 Å². The van der Waals surface area contributed by atoms with E-state index in [0.717, 1.165) is 60.4 Å². The van der Waals surface area contributed by atoms with E-state index < -0.39 is 11.7 Å². The van der Waals surface area contributed by atoms with E-state index in [0.29, 0.717) is 12.2 Å². The molecule has 4 aliphatic rings. The Morgan fingerprint density at radius 1 is 1.09 bits per heavy atom. The number of benzene rings is 2. The van der Waals surface area contributed by atoms with E-state index in [1.165, 1.54) is 0 Å². The zero-order valence-electron chi connectivity index (χ0n) is 17.6. The highest BCUT2D eigenvalue weighted by Crippen LogP contribution is 2.54. The number of ether oxygens (including phenoxy) is 4. The van der Waals surface area contributed by atoms with Crippen LogP contribution in [0.15, 0.2) is 48.2 Å². The first-order valence-electron chi connectivity index (χ1n) is 11.0. The molecule has 0 radical (unpaired) electrons. The second-order valence-electron chi connectivity index (χ2n) is 8.67. The smallest absolute Gasteiger partial charge is 0.454 e. The monoisotopic (exact) mass is 433 g/mol. The van der Waals surface area contributed by atoms with Crippen LogP contribution in [-0.4, -0.2) is 42.3 Å². The van der Waals surface area contributed by atoms with Gasteiger partial charge in [-0.2, -0.15) is 0 Å². The van der Waals surface area contributed by atoms with Crippen molar-refractivity contribution < 1.29 is 28.5 Å². The second-order valence-corrected chi connectivity index (χ2v) is 8.67. The van der Waals surface area contributed by atoms with Crippen molar-refractivity contribution in [1.29, 1.82) is 0 Å². The molecule has 0 bridgehead atoms. The number of hydrogen-bond acceptors (Lipinski definition) is 7. The van der Waals surface area contributed by atoms with Crippen molar-refractivity contribution in [1.82, 2.24) is 4.90 Å². The fourth-order valence-corrected chi connectivity index (χ4v) is 5.52. The molecule has 0 N–H and O–H groups in total. The molecule has 6 rings (SSSR count). The lowest BCUT2D eigenvalue weighted by molar-refractivity contribution is -0.118. The van der Waals surface area contributed by atoms with E-state index in [1.54, 1.807) is 0 Å². The molecule has 3 heterocycles. The Morgan fingerprint density at radius 3 is 2.75 bits per heavy atom. The molecule has 0 unspecified atom stereocenters. The van der Waals surface area contributed by atoms with Crippen LogP contribution >= 0.6 is 0 Å². The lowest BCUT2D eigenvalue weighted by Gasteiger charge is -2.35. The fraction of sp³-hybridized carbons (Fsp3) is 0.360. The molecule has 1 spiro atoms. The molecule has 2 aromatic rings. The first-order chi connectivity index (χ1) is 15.6. The summed E-state index contributed by atoms with van der Waals surface area (Å²) in [5.74, 6) is 1.32. The van der Waals surface area contributed by atoms with Crippen molar-refractivity contribution >= 4 is 17.5 Å². The van der Waals surface area contributed by atoms with Crippen LogP contribution < -0.4 is 9.47 Å². The third-order valence-corrected chi connectivity index (χ3v) is 6.93. The molecule has 0 saturated carbocycles. The van der Waals surface area contributed by atoms with Gasteiger partial charge in [0.1, 0.15) is 6.61 Å². The van der Waals surface area contributed by atoms with Gasteiger partial charge in [-0.25, -0.2) is 4.79 Å². The van der Waals surface area contributed by atoms with Crippen LogP contribution in [-0.2, 0) is 27.3 Å². The Bertz CT molecular complexity index is 1140. The summed E-state index contributed by atoms with van der Waals surface area (Å²) >= 11 is 0. The first-order valence-corrected chi connectivity index (χ1v) is 11.0. The molecular weight excluding hydrogens is 410 g/mol. The number of carbonyl (C=O) groups is 2. The van der Waals surface area contributed by atoms with Gasteiger partial charge in [0, 0.05) is 18.5 Å². The normalized spacial score (nSPS) is 23.4. The van der Waals surface area contributed by atoms with Gasteiger partial charge < -0.3 is 18.9 Å². The molecule has 2 aromatic carbocycles. The minimum Gasteiger partial charge on any atom is -0.454 e. The average Bonchev–Trinajstić information content (AvgIpc) is 3.47. The zero-order chi connectivity index (χ0) is 21.7. The lowest BCUT2D eigenvalue weighted by Crippen LogP contribution is -2.43. The van der Waals surface area contributed by atoms with E-state index in [1.807, 2.05) is 42.5 Å². The van der Waals surface area contributed by atoms with Crippen LogP contribution in [0.1, 0.15) is 36.0 Å². The third-order valence-electron chi connectivity index (χ3n) is 6.93. The maximum atomic E-state index is 13.2. The molecule has 0 aromatic heterocycles. The Balaban J connectivity index is 1.39. The SMILES string of the molecule is O=C(OCc1ccccc1)OC1=C2c3cc4c(cc3CCN3CCC[C@]23CC1=O)OCO4. The van der Waals surface area contributed by atoms with E-state index in [2.05, 4.69) is 4.90 Å². The highest BCUT2D eigenvalue weighted by Gasteiger charge is 2.55. The van der Waals surface area contributed by atoms with E-state index >= 15 is 0 Å². The third kappa shape index (κ3) is 2.99. The topological polar surface area (TPSA) is 74.3 Å². The van der Waals surface area contributed by atoms with Crippen LogP contribution in [0, 0.1) is 0 Å². The Morgan fingerprint density at radius 2 is 1.91 bits per heavy atom. The van der Waals surface area contributed by atoms with Gasteiger partial charge in [0.25, 0.3) is 0 Å². The fourth-order valence-electron chi connectivity index (χ4n) is 5.52. The number of rotatable bonds is 3. The van der Waals surface area contributed by atoms with Crippen molar-refractivity contribution in [3.8, 4) is 11.5 Å². The summed E-state index contributed by atoms with van der Waals surface area (Å²) < 4.78 is 22.1. The average molecular weight is 433 g/mol. The Labute approximate surface area is 185 Å². The van der Waals surface area contributed by atoms with Gasteiger partial charge in [0.05, 0.1) is 5.54 Å². The molecule has 1 fully saturated rings. The minimum atomic E-state index is -0.863. The van der Waals surface area contributed by atoms with Gasteiger partial charge >= 0.3 is 6.16 Å². The van der Waals surface area contributed by atoms with Crippen molar-refractivity contribution in [2.24, 2.45) is 0 Å². The zero-order valence-corrected chi connectivity index (χ0v) is 17.6. The maximum Gasteiger partial charge on any atom is 0.514 e. The van der Waals surface area contributed by atoms with E-state index in [4.69, 9.17) is 18.9 Å². The summed E-state index contributed by atoms with van der Waals surface area (Å²) in [6, 6.07) is 13.3. The Hall–Kier alpha value is -3.32. The molecule has 32 heavy (non-hydrogen) atoms. The molecule has 164 valence electrons. The molecular formula is C25H23NO6. The number of allylic oxidation sites excluding steroid dienone is 1. The summed E-state index contributed by atoms with van der Waals surface area (Å²) in [5, 5.41) is 0. The number of nitrogens with zero attached hydrogens (tertiary/aromatic N) is 1. The van der Waals surface area contributed by atoms with Crippen LogP contribution in [0.4, 0.5) is 4.79 Å². The van der Waals surface area contributed by atoms with Crippen LogP contribution in [0.3, 0.4) is 0 Å². The number of hydrogen-bond donors (Lipinski definition) is 0.